The van der Waals surface area contributed by atoms with Crippen LogP contribution in [-0.4, -0.2) is 48.8 Å². The molecule has 2 saturated carbocycles. The first kappa shape index (κ1) is 24.9. The molecule has 0 heterocycles. The number of phenols is 1. The summed E-state index contributed by atoms with van der Waals surface area (Å²) in [4.78, 5) is 37.8. The van der Waals surface area contributed by atoms with Crippen LogP contribution in [0.1, 0.15) is 67.2 Å². The van der Waals surface area contributed by atoms with Gasteiger partial charge in [-0.05, 0) is 49.7 Å². The summed E-state index contributed by atoms with van der Waals surface area (Å²) in [6, 6.07) is 1.93. The lowest BCUT2D eigenvalue weighted by Gasteiger charge is -2.46. The molecule has 0 bridgehead atoms. The number of Topliss-reactive ketones (excluding diaryl/α,β-unsaturated/α-hetero) is 2. The lowest BCUT2D eigenvalue weighted by Crippen LogP contribution is -2.58. The maximum Gasteiger partial charge on any atom is 0.255 e. The SMILES string of the molecule is Cc1cc(CSC2CCCCC2)c(O)c2c1CC1CC3CC(=O)C(C(N)=O)=C(O)[C@@]3(O)C(=O)C1=C2O. The second-order valence-electron chi connectivity index (χ2n) is 10.5. The predicted octanol–water partition coefficient (Wildman–Crippen LogP) is 3.30. The summed E-state index contributed by atoms with van der Waals surface area (Å²) in [6.45, 7) is 1.91. The van der Waals surface area contributed by atoms with Gasteiger partial charge in [-0.3, -0.25) is 14.4 Å². The molecule has 5 rings (SSSR count). The number of fused-ring (bicyclic) bond motifs is 3. The van der Waals surface area contributed by atoms with E-state index in [1.807, 2.05) is 13.0 Å². The van der Waals surface area contributed by atoms with Gasteiger partial charge in [-0.25, -0.2) is 0 Å². The lowest BCUT2D eigenvalue weighted by atomic mass is 9.59. The van der Waals surface area contributed by atoms with E-state index in [4.69, 9.17) is 5.73 Å². The first-order valence-corrected chi connectivity index (χ1v) is 13.5. The highest BCUT2D eigenvalue weighted by atomic mass is 32.2. The zero-order valence-electron chi connectivity index (χ0n) is 20.2. The number of ketones is 2. The number of hydrogen-bond acceptors (Lipinski definition) is 8. The first-order chi connectivity index (χ1) is 17.1. The number of aromatic hydroxyl groups is 1. The molecule has 0 aliphatic heterocycles. The van der Waals surface area contributed by atoms with Gasteiger partial charge in [0.1, 0.15) is 22.8 Å². The minimum absolute atomic E-state index is 0.0827. The molecule has 1 amide bonds. The van der Waals surface area contributed by atoms with Crippen LogP contribution in [0.4, 0.5) is 0 Å². The number of thioether (sulfide) groups is 1. The third kappa shape index (κ3) is 3.66. The van der Waals surface area contributed by atoms with Crippen LogP contribution < -0.4 is 5.73 Å². The third-order valence-electron chi connectivity index (χ3n) is 8.39. The van der Waals surface area contributed by atoms with Gasteiger partial charge in [0, 0.05) is 34.5 Å². The van der Waals surface area contributed by atoms with Crippen LogP contribution in [0.2, 0.25) is 0 Å². The molecular weight excluding hydrogens is 482 g/mol. The van der Waals surface area contributed by atoms with Gasteiger partial charge < -0.3 is 26.2 Å². The van der Waals surface area contributed by atoms with Crippen molar-refractivity contribution in [1.29, 1.82) is 0 Å². The number of nitrogens with two attached hydrogens (primary N) is 1. The van der Waals surface area contributed by atoms with Gasteiger partial charge in [0.2, 0.25) is 5.78 Å². The second kappa shape index (κ2) is 8.95. The molecule has 9 heteroatoms. The maximum atomic E-state index is 13.6. The minimum atomic E-state index is -2.53. The van der Waals surface area contributed by atoms with Crippen molar-refractivity contribution in [2.45, 2.75) is 74.9 Å². The van der Waals surface area contributed by atoms with E-state index < -0.39 is 52.0 Å². The summed E-state index contributed by atoms with van der Waals surface area (Å²) in [6.07, 6.45) is 6.12. The molecule has 3 atom stereocenters. The van der Waals surface area contributed by atoms with Crippen molar-refractivity contribution in [2.24, 2.45) is 17.6 Å². The number of carbonyl (C=O) groups excluding carboxylic acids is 3. The van der Waals surface area contributed by atoms with E-state index in [0.717, 1.165) is 24.0 Å². The molecule has 0 spiro atoms. The fourth-order valence-corrected chi connectivity index (χ4v) is 7.80. The van der Waals surface area contributed by atoms with E-state index in [9.17, 15) is 34.8 Å². The van der Waals surface area contributed by atoms with Crippen molar-refractivity contribution in [3.63, 3.8) is 0 Å². The molecule has 192 valence electrons. The van der Waals surface area contributed by atoms with Gasteiger partial charge in [-0.2, -0.15) is 11.8 Å². The van der Waals surface area contributed by atoms with Gasteiger partial charge in [0.25, 0.3) is 5.91 Å². The van der Waals surface area contributed by atoms with Crippen LogP contribution in [0.15, 0.2) is 23.0 Å². The molecule has 2 unspecified atom stereocenters. The number of hydrogen-bond donors (Lipinski definition) is 5. The van der Waals surface area contributed by atoms with Crippen molar-refractivity contribution < 1.29 is 34.8 Å². The van der Waals surface area contributed by atoms with Gasteiger partial charge in [0.05, 0.1) is 5.56 Å². The Kier molecular flexibility index (Phi) is 6.19. The number of amides is 1. The van der Waals surface area contributed by atoms with Crippen molar-refractivity contribution in [3.8, 4) is 5.75 Å². The van der Waals surface area contributed by atoms with Crippen molar-refractivity contribution in [3.05, 3.63) is 45.2 Å². The zero-order valence-corrected chi connectivity index (χ0v) is 21.0. The standard InChI is InChI=1S/C27H31NO7S/c1-12-7-14(11-36-16-5-3-2-4-6-16)22(30)20-17(12)9-13-8-15-10-18(29)21(26(28)34)25(33)27(15,35)24(32)19(13)23(20)31/h7,13,15-16,30-31,33,35H,2-6,8-11H2,1H3,(H2,28,34)/t13?,15?,27-/m0/s1. The van der Waals surface area contributed by atoms with Crippen LogP contribution in [-0.2, 0) is 26.6 Å². The molecule has 4 aliphatic rings. The summed E-state index contributed by atoms with van der Waals surface area (Å²) >= 11 is 1.79. The van der Waals surface area contributed by atoms with Crippen molar-refractivity contribution >= 4 is 35.0 Å². The van der Waals surface area contributed by atoms with Crippen molar-refractivity contribution in [1.82, 2.24) is 0 Å². The van der Waals surface area contributed by atoms with E-state index in [1.165, 1.54) is 19.3 Å². The number of rotatable bonds is 4. The summed E-state index contributed by atoms with van der Waals surface area (Å²) in [5.74, 6) is -5.35. The molecule has 8 nitrogen and oxygen atoms in total. The van der Waals surface area contributed by atoms with E-state index in [1.54, 1.807) is 11.8 Å². The van der Waals surface area contributed by atoms with Crippen molar-refractivity contribution in [2.75, 3.05) is 0 Å². The Labute approximate surface area is 213 Å². The highest BCUT2D eigenvalue weighted by Crippen LogP contribution is 2.53. The summed E-state index contributed by atoms with van der Waals surface area (Å²) in [5.41, 5.74) is 4.29. The minimum Gasteiger partial charge on any atom is -0.508 e. The maximum absolute atomic E-state index is 13.6. The molecule has 0 radical (unpaired) electrons. The fraction of sp³-hybridized carbons (Fsp3) is 0.519. The Morgan fingerprint density at radius 2 is 1.83 bits per heavy atom. The number of aliphatic hydroxyl groups excluding tert-OH is 2. The molecule has 1 aromatic rings. The molecule has 2 fully saturated rings. The fourth-order valence-electron chi connectivity index (χ4n) is 6.49. The highest BCUT2D eigenvalue weighted by Gasteiger charge is 2.60. The average Bonchev–Trinajstić information content (AvgIpc) is 2.83. The van der Waals surface area contributed by atoms with E-state index in [-0.39, 0.29) is 29.7 Å². The molecular formula is C27H31NO7S. The quantitative estimate of drug-likeness (QED) is 0.384. The molecule has 36 heavy (non-hydrogen) atoms. The number of aliphatic hydroxyl groups is 3. The molecule has 1 aromatic carbocycles. The van der Waals surface area contributed by atoms with E-state index in [2.05, 4.69) is 0 Å². The second-order valence-corrected chi connectivity index (χ2v) is 11.8. The summed E-state index contributed by atoms with van der Waals surface area (Å²) < 4.78 is 0. The largest absolute Gasteiger partial charge is 0.508 e. The van der Waals surface area contributed by atoms with Gasteiger partial charge in [-0.15, -0.1) is 0 Å². The van der Waals surface area contributed by atoms with E-state index in [0.29, 0.717) is 23.0 Å². The van der Waals surface area contributed by atoms with Crippen LogP contribution in [0, 0.1) is 18.8 Å². The predicted molar refractivity (Wildman–Crippen MR) is 134 cm³/mol. The zero-order chi connectivity index (χ0) is 25.9. The number of benzene rings is 1. The van der Waals surface area contributed by atoms with E-state index >= 15 is 0 Å². The number of carbonyl (C=O) groups is 3. The van der Waals surface area contributed by atoms with Crippen LogP contribution in [0.3, 0.4) is 0 Å². The summed E-state index contributed by atoms with van der Waals surface area (Å²) in [7, 11) is 0. The monoisotopic (exact) mass is 513 g/mol. The molecule has 0 aromatic heterocycles. The number of primary amides is 1. The Morgan fingerprint density at radius 3 is 2.50 bits per heavy atom. The lowest BCUT2D eigenvalue weighted by molar-refractivity contribution is -0.147. The van der Waals surface area contributed by atoms with Gasteiger partial charge in [-0.1, -0.05) is 25.3 Å². The van der Waals surface area contributed by atoms with Crippen LogP contribution in [0.5, 0.6) is 5.75 Å². The highest BCUT2D eigenvalue weighted by molar-refractivity contribution is 7.99. The smallest absolute Gasteiger partial charge is 0.255 e. The Balaban J connectivity index is 1.56. The normalized spacial score (nSPS) is 28.6. The first-order valence-electron chi connectivity index (χ1n) is 12.5. The molecule has 0 saturated heterocycles. The molecule has 4 aliphatic carbocycles. The third-order valence-corrected chi connectivity index (χ3v) is 9.81. The Hall–Kier alpha value is -2.78. The van der Waals surface area contributed by atoms with Gasteiger partial charge in [0.15, 0.2) is 11.4 Å². The number of phenolic OH excluding ortho intramolecular Hbond substituents is 1. The van der Waals surface area contributed by atoms with Gasteiger partial charge >= 0.3 is 0 Å². The van der Waals surface area contributed by atoms with Crippen LogP contribution >= 0.6 is 11.8 Å². The number of aryl methyl sites for hydroxylation is 1. The summed E-state index contributed by atoms with van der Waals surface area (Å²) in [5, 5.41) is 45.1. The Bertz CT molecular complexity index is 1240. The average molecular weight is 514 g/mol. The Morgan fingerprint density at radius 1 is 1.14 bits per heavy atom. The molecule has 6 N–H and O–H groups in total. The topological polar surface area (TPSA) is 158 Å². The van der Waals surface area contributed by atoms with Crippen LogP contribution in [0.25, 0.3) is 5.76 Å².